The number of carbonyl (C=O) groups is 2. The van der Waals surface area contributed by atoms with Gasteiger partial charge in [0, 0.05) is 17.4 Å². The first-order chi connectivity index (χ1) is 17.9. The van der Waals surface area contributed by atoms with E-state index in [1.165, 1.54) is 13.0 Å². The van der Waals surface area contributed by atoms with E-state index in [0.717, 1.165) is 22.5 Å². The number of esters is 1. The van der Waals surface area contributed by atoms with Crippen LogP contribution < -0.4 is 16.5 Å². The van der Waals surface area contributed by atoms with Gasteiger partial charge in [0.05, 0.1) is 19.3 Å². The van der Waals surface area contributed by atoms with Crippen LogP contribution >= 0.6 is 30.0 Å². The number of nitrogens with one attached hydrogen (secondary N) is 1. The highest BCUT2D eigenvalue weighted by Crippen LogP contribution is 2.48. The molecule has 222 valence electrons. The Morgan fingerprint density at radius 3 is 2.62 bits per heavy atom. The Labute approximate surface area is 240 Å². The summed E-state index contributed by atoms with van der Waals surface area (Å²) in [5.41, 5.74) is 3.99. The monoisotopic (exact) mass is 632 g/mol. The third kappa shape index (κ3) is 9.44. The third-order valence-corrected chi connectivity index (χ3v) is 9.46. The van der Waals surface area contributed by atoms with E-state index in [1.54, 1.807) is 34.6 Å². The molecule has 39 heavy (non-hydrogen) atoms. The lowest BCUT2D eigenvalue weighted by Crippen LogP contribution is -2.41. The molecular formula is C22H35ClFN4O8PS2. The van der Waals surface area contributed by atoms with Gasteiger partial charge in [-0.05, 0) is 38.6 Å². The van der Waals surface area contributed by atoms with E-state index >= 15 is 4.39 Å². The minimum Gasteiger partial charge on any atom is -0.462 e. The first kappa shape index (κ1) is 34.0. The number of anilines is 1. The van der Waals surface area contributed by atoms with Crippen molar-refractivity contribution in [1.82, 2.24) is 14.6 Å². The third-order valence-electron chi connectivity index (χ3n) is 5.14. The molecule has 0 spiro atoms. The number of hydrogen-bond donors (Lipinski definition) is 3. The molecule has 12 nitrogen and oxygen atoms in total. The Morgan fingerprint density at radius 2 is 2.05 bits per heavy atom. The second-order valence-electron chi connectivity index (χ2n) is 10.0. The Hall–Kier alpha value is -1.16. The molecule has 1 aliphatic heterocycles. The molecule has 0 saturated carbocycles. The molecule has 0 unspecified atom stereocenters. The Balaban J connectivity index is 2.16. The van der Waals surface area contributed by atoms with Crippen LogP contribution in [0.25, 0.3) is 0 Å². The van der Waals surface area contributed by atoms with Gasteiger partial charge in [0.25, 0.3) is 11.8 Å². The summed E-state index contributed by atoms with van der Waals surface area (Å²) in [6, 6.07) is 0.294. The van der Waals surface area contributed by atoms with Crippen molar-refractivity contribution in [3.63, 3.8) is 0 Å². The first-order valence-electron chi connectivity index (χ1n) is 12.0. The van der Waals surface area contributed by atoms with Crippen molar-refractivity contribution in [3.05, 3.63) is 22.7 Å². The lowest BCUT2D eigenvalue weighted by molar-refractivity contribution is -0.149. The lowest BCUT2D eigenvalue weighted by atomic mass is 10.00. The molecule has 1 aromatic heterocycles. The summed E-state index contributed by atoms with van der Waals surface area (Å²) in [6.45, 7) is 6.20. The smallest absolute Gasteiger partial charge is 0.351 e. The number of aliphatic hydroxyl groups is 1. The zero-order chi connectivity index (χ0) is 29.8. The maximum absolute atomic E-state index is 15.3. The van der Waals surface area contributed by atoms with Crippen LogP contribution in [-0.2, 0) is 39.9 Å². The zero-order valence-corrected chi connectivity index (χ0v) is 25.7. The highest BCUT2D eigenvalue weighted by molar-refractivity contribution is 8.13. The van der Waals surface area contributed by atoms with Crippen LogP contribution in [0.2, 0.25) is 0 Å². The first-order valence-corrected chi connectivity index (χ1v) is 16.0. The summed E-state index contributed by atoms with van der Waals surface area (Å²) in [5, 5.41) is 10.4. The van der Waals surface area contributed by atoms with Gasteiger partial charge >= 0.3 is 11.7 Å². The van der Waals surface area contributed by atoms with Gasteiger partial charge in [0.15, 0.2) is 11.3 Å². The number of aliphatic hydroxyl groups excluding tert-OH is 1. The van der Waals surface area contributed by atoms with Gasteiger partial charge in [-0.25, -0.2) is 14.3 Å². The minimum absolute atomic E-state index is 0.0194. The van der Waals surface area contributed by atoms with E-state index in [1.807, 2.05) is 0 Å². The van der Waals surface area contributed by atoms with Crippen molar-refractivity contribution >= 4 is 58.7 Å². The fourth-order valence-electron chi connectivity index (χ4n) is 3.13. The lowest BCUT2D eigenvalue weighted by Gasteiger charge is -2.28. The van der Waals surface area contributed by atoms with E-state index in [0.29, 0.717) is 0 Å². The van der Waals surface area contributed by atoms with Crippen LogP contribution in [0.4, 0.5) is 10.2 Å². The molecule has 2 heterocycles. The predicted octanol–water partition coefficient (Wildman–Crippen LogP) is 2.48. The molecule has 1 aliphatic rings. The van der Waals surface area contributed by atoms with E-state index in [9.17, 15) is 19.5 Å². The minimum atomic E-state index is -3.50. The number of nitrogen functional groups attached to an aromatic ring is 1. The van der Waals surface area contributed by atoms with Crippen LogP contribution in [-0.4, -0.2) is 74.2 Å². The zero-order valence-electron chi connectivity index (χ0n) is 22.5. The number of thioether (sulfide) groups is 1. The Kier molecular flexibility index (Phi) is 11.9. The van der Waals surface area contributed by atoms with E-state index in [-0.39, 0.29) is 29.4 Å². The van der Waals surface area contributed by atoms with Gasteiger partial charge in [-0.3, -0.25) is 14.2 Å². The second kappa shape index (κ2) is 13.7. The fraction of sp³-hybridized carbons (Fsp3) is 0.727. The van der Waals surface area contributed by atoms with Gasteiger partial charge in [-0.1, -0.05) is 44.1 Å². The van der Waals surface area contributed by atoms with Crippen LogP contribution in [0.5, 0.6) is 0 Å². The maximum Gasteiger partial charge on any atom is 0.351 e. The number of rotatable bonds is 12. The molecule has 2 rings (SSSR count). The van der Waals surface area contributed by atoms with Crippen LogP contribution in [0.15, 0.2) is 17.1 Å². The van der Waals surface area contributed by atoms with Gasteiger partial charge in [0.2, 0.25) is 0 Å². The predicted molar refractivity (Wildman–Crippen MR) is 149 cm³/mol. The van der Waals surface area contributed by atoms with Gasteiger partial charge < -0.3 is 29.4 Å². The van der Waals surface area contributed by atoms with E-state index in [4.69, 9.17) is 47.7 Å². The van der Waals surface area contributed by atoms with Gasteiger partial charge in [0.1, 0.15) is 24.1 Å². The molecule has 0 bridgehead atoms. The van der Waals surface area contributed by atoms with Crippen molar-refractivity contribution in [2.45, 2.75) is 77.3 Å². The number of nitrogens with two attached hydrogens (primary N) is 1. The summed E-state index contributed by atoms with van der Waals surface area (Å²) in [7, 11) is 0. The van der Waals surface area contributed by atoms with Crippen molar-refractivity contribution in [3.8, 4) is 0 Å². The quantitative estimate of drug-likeness (QED) is 0.133. The van der Waals surface area contributed by atoms with Crippen molar-refractivity contribution < 1.29 is 37.6 Å². The summed E-state index contributed by atoms with van der Waals surface area (Å²) in [5.74, 6) is -0.457. The Morgan fingerprint density at radius 1 is 1.41 bits per heavy atom. The molecule has 1 fully saturated rings. The van der Waals surface area contributed by atoms with Crippen molar-refractivity contribution in [2.75, 3.05) is 24.7 Å². The molecule has 4 N–H and O–H groups in total. The fourth-order valence-corrected chi connectivity index (χ4v) is 6.69. The largest absolute Gasteiger partial charge is 0.462 e. The SMILES string of the molecule is CC(C)OC(=O)[C@@H](C)N[P@@](=S)(OCCSC(=O)C(C)(C)C)OC[C@H]1O[C@@H](n2ccc(N)nc2=O)[C@@](F)(Cl)[C@@H]1O. The molecule has 1 saturated heterocycles. The molecule has 1 aromatic rings. The average Bonchev–Trinajstić information content (AvgIpc) is 3.03. The summed E-state index contributed by atoms with van der Waals surface area (Å²) in [6.07, 6.45) is -4.33. The molecule has 6 atom stereocenters. The second-order valence-corrected chi connectivity index (χ2v) is 14.9. The van der Waals surface area contributed by atoms with Crippen LogP contribution in [0.3, 0.4) is 0 Å². The number of hydrogen-bond acceptors (Lipinski definition) is 12. The number of carbonyl (C=O) groups excluding carboxylic acids is 2. The number of aromatic nitrogens is 2. The highest BCUT2D eigenvalue weighted by Gasteiger charge is 2.58. The average molecular weight is 633 g/mol. The van der Waals surface area contributed by atoms with Crippen molar-refractivity contribution in [2.24, 2.45) is 5.41 Å². The van der Waals surface area contributed by atoms with E-state index < -0.39 is 59.9 Å². The summed E-state index contributed by atoms with van der Waals surface area (Å²) in [4.78, 5) is 40.3. The molecule has 17 heteroatoms. The topological polar surface area (TPSA) is 164 Å². The number of nitrogens with zero attached hydrogens (tertiary/aromatic N) is 2. The molecular weight excluding hydrogens is 598 g/mol. The van der Waals surface area contributed by atoms with Crippen molar-refractivity contribution in [1.29, 1.82) is 0 Å². The highest BCUT2D eigenvalue weighted by atomic mass is 35.5. The molecule has 0 amide bonds. The van der Waals surface area contributed by atoms with E-state index in [2.05, 4.69) is 10.1 Å². The van der Waals surface area contributed by atoms with Crippen LogP contribution in [0, 0.1) is 5.41 Å². The number of alkyl halides is 2. The van der Waals surface area contributed by atoms with Gasteiger partial charge in [-0.2, -0.15) is 4.98 Å². The van der Waals surface area contributed by atoms with Gasteiger partial charge in [-0.15, -0.1) is 0 Å². The number of ether oxygens (including phenoxy) is 2. The standard InChI is InChI=1S/C22H35ClFN4O8PS2/c1-12(2)35-17(30)13(3)27-37(38,33-9-10-39-19(31)21(4,5)6)34-11-14-16(29)22(23,24)18(36-14)28-8-7-15(25)26-20(28)32/h7-8,12-14,16,18,29H,9-11H2,1-6H3,(H,27,38)(H2,25,26,32)/t13-,14-,16-,18-,22-,37-/m1/s1. The Bertz CT molecular complexity index is 1140. The number of halogens is 2. The normalized spacial score (nSPS) is 25.8. The summed E-state index contributed by atoms with van der Waals surface area (Å²) < 4.78 is 38.3. The maximum atomic E-state index is 15.3. The molecule has 0 radical (unpaired) electrons. The summed E-state index contributed by atoms with van der Waals surface area (Å²) >= 11 is 12.6. The van der Waals surface area contributed by atoms with Crippen LogP contribution in [0.1, 0.15) is 47.8 Å². The molecule has 0 aromatic carbocycles. The molecule has 0 aliphatic carbocycles.